The van der Waals surface area contributed by atoms with Crippen molar-refractivity contribution in [2.24, 2.45) is 0 Å². The molecule has 0 spiro atoms. The van der Waals surface area contributed by atoms with Gasteiger partial charge in [0, 0.05) is 179 Å². The molecule has 4 saturated heterocycles. The molecule has 13 heterocycles. The minimum Gasteiger partial charge on any atom is -0.494 e. The maximum atomic E-state index is 11.4. The van der Waals surface area contributed by atoms with Crippen LogP contribution in [0.5, 0.6) is 5.75 Å². The second-order valence-electron chi connectivity index (χ2n) is 34.0. The molecule has 12 aromatic rings. The number of imidazole rings is 4. The highest BCUT2D eigenvalue weighted by Crippen LogP contribution is 2.36. The molecule has 716 valence electrons. The van der Waals surface area contributed by atoms with E-state index in [9.17, 15) is 19.2 Å². The largest absolute Gasteiger partial charge is 0.494 e. The van der Waals surface area contributed by atoms with E-state index in [-0.39, 0.29) is 47.7 Å². The number of ether oxygens (including phenoxy) is 7. The van der Waals surface area contributed by atoms with Crippen LogP contribution < -0.4 is 51.3 Å². The third-order valence-corrected chi connectivity index (χ3v) is 23.5. The zero-order chi connectivity index (χ0) is 94.1. The van der Waals surface area contributed by atoms with E-state index >= 15 is 0 Å². The fourth-order valence-electron chi connectivity index (χ4n) is 15.6. The Kier molecular flexibility index (Phi) is 37.2. The van der Waals surface area contributed by atoms with Gasteiger partial charge in [-0.25, -0.2) is 49.8 Å². The van der Waals surface area contributed by atoms with Crippen molar-refractivity contribution in [3.63, 3.8) is 0 Å². The second kappa shape index (κ2) is 50.5. The molecule has 0 bridgehead atoms. The van der Waals surface area contributed by atoms with Crippen molar-refractivity contribution in [2.45, 2.75) is 176 Å². The van der Waals surface area contributed by atoms with Gasteiger partial charge in [-0.3, -0.25) is 19.2 Å². The first-order valence-electron chi connectivity index (χ1n) is 47.1. The van der Waals surface area contributed by atoms with E-state index in [2.05, 4.69) is 175 Å². The first-order valence-corrected chi connectivity index (χ1v) is 47.1. The number of aromatic nitrogens is 18. The second-order valence-corrected chi connectivity index (χ2v) is 34.0. The molecular formula is C96H131N27O11. The Morgan fingerprint density at radius 1 is 0.351 bits per heavy atom. The lowest BCUT2D eigenvalue weighted by molar-refractivity contribution is -0.121. The molecule has 0 saturated carbocycles. The predicted molar refractivity (Wildman–Crippen MR) is 517 cm³/mol. The van der Waals surface area contributed by atoms with Gasteiger partial charge in [0.05, 0.1) is 98.0 Å². The zero-order valence-corrected chi connectivity index (χ0v) is 79.2. The number of nitrogen functional groups attached to an aromatic ring is 1. The number of carbonyl (C=O) groups excluding carboxylic acids is 4. The van der Waals surface area contributed by atoms with Crippen molar-refractivity contribution < 1.29 is 52.3 Å². The van der Waals surface area contributed by atoms with Crippen molar-refractivity contribution in [3.05, 3.63) is 122 Å². The van der Waals surface area contributed by atoms with E-state index < -0.39 is 0 Å². The average Bonchev–Trinajstić information content (AvgIpc) is 1.60. The van der Waals surface area contributed by atoms with Crippen molar-refractivity contribution in [3.8, 4) is 50.8 Å². The van der Waals surface area contributed by atoms with Gasteiger partial charge in [-0.2, -0.15) is 19.9 Å². The molecule has 3 aromatic carbocycles. The summed E-state index contributed by atoms with van der Waals surface area (Å²) < 4.78 is 47.8. The topological polar surface area (TPSA) is 420 Å². The van der Waals surface area contributed by atoms with Crippen LogP contribution in [0.1, 0.15) is 167 Å². The fourth-order valence-corrected chi connectivity index (χ4v) is 15.6. The third kappa shape index (κ3) is 27.3. The number of anilines is 5. The number of rotatable bonds is 39. The first kappa shape index (κ1) is 98.9. The summed E-state index contributed by atoms with van der Waals surface area (Å²) in [5.41, 5.74) is 21.2. The van der Waals surface area contributed by atoms with E-state index in [1.807, 2.05) is 47.8 Å². The summed E-state index contributed by atoms with van der Waals surface area (Å²) in [4.78, 5) is 120. The summed E-state index contributed by atoms with van der Waals surface area (Å²) in [5.74, 6) is 4.16. The van der Waals surface area contributed by atoms with Crippen molar-refractivity contribution in [2.75, 3.05) is 179 Å². The molecule has 0 unspecified atom stereocenters. The van der Waals surface area contributed by atoms with Gasteiger partial charge < -0.3 is 98.0 Å². The van der Waals surface area contributed by atoms with Crippen LogP contribution in [0.15, 0.2) is 110 Å². The van der Waals surface area contributed by atoms with E-state index in [1.54, 1.807) is 46.9 Å². The van der Waals surface area contributed by atoms with Crippen LogP contribution in [0, 0.1) is 0 Å². The summed E-state index contributed by atoms with van der Waals surface area (Å²) >= 11 is 0. The first-order chi connectivity index (χ1) is 65.3. The summed E-state index contributed by atoms with van der Waals surface area (Å²) in [7, 11) is 6.66. The summed E-state index contributed by atoms with van der Waals surface area (Å²) in [6.45, 7) is 28.1. The Labute approximate surface area is 782 Å². The number of nitrogens with zero attached hydrogens (tertiary/aromatic N) is 22. The van der Waals surface area contributed by atoms with Crippen LogP contribution in [0.2, 0.25) is 0 Å². The number of morpholine rings is 4. The molecular weight excluding hydrogens is 1710 g/mol. The van der Waals surface area contributed by atoms with Crippen LogP contribution in [-0.4, -0.2) is 265 Å². The van der Waals surface area contributed by atoms with Crippen LogP contribution in [0.3, 0.4) is 0 Å². The zero-order valence-electron chi connectivity index (χ0n) is 79.2. The maximum Gasteiger partial charge on any atom is 0.228 e. The molecule has 6 N–H and O–H groups in total. The average molecular weight is 1840 g/mol. The number of nitrogens with two attached hydrogens (primary N) is 1. The quantitative estimate of drug-likeness (QED) is 0.0223. The van der Waals surface area contributed by atoms with Crippen molar-refractivity contribution in [1.29, 1.82) is 0 Å². The Morgan fingerprint density at radius 2 is 0.649 bits per heavy atom. The Balaban J connectivity index is 0.000000152. The van der Waals surface area contributed by atoms with Crippen LogP contribution in [-0.2, 0) is 67.4 Å². The lowest BCUT2D eigenvalue weighted by Gasteiger charge is -2.27. The number of nitrogens with one attached hydrogen (secondary N) is 4. The molecule has 4 amide bonds. The molecule has 0 aliphatic carbocycles. The van der Waals surface area contributed by atoms with E-state index in [4.69, 9.17) is 78.8 Å². The van der Waals surface area contributed by atoms with Crippen molar-refractivity contribution >= 4 is 98.0 Å². The molecule has 0 atom stereocenters. The maximum absolute atomic E-state index is 11.4. The smallest absolute Gasteiger partial charge is 0.228 e. The Bertz CT molecular complexity index is 5530. The minimum absolute atomic E-state index is 0.0491. The van der Waals surface area contributed by atoms with Gasteiger partial charge in [-0.15, -0.1) is 0 Å². The van der Waals surface area contributed by atoms with Gasteiger partial charge in [0.2, 0.25) is 53.4 Å². The fraction of sp³-hybridized carbons (Fsp3) is 0.521. The SMILES string of the molecule is CNC(=O)CCCCCCOc1ccc(-c2nc(N3CCOCC3)nc3c2ncn3C(C)C)cc1.CNC(=O)CCCCCOCc1ccc(-c2nc(N3CCOCC3)nc3c2ncn3C(C)C)cc1.CNC(=O)CCCCOCc1ccc(-c2nc(N3CCOCC3)nc3c2ncn3C(C)C)cc1.CNC(=O)CCCCn1cnc2c(-c3cnc(N)nc3)nc(N3CCOCC3)nc21. The molecule has 0 radical (unpaired) electrons. The van der Waals surface area contributed by atoms with Crippen molar-refractivity contribution in [1.82, 2.24) is 109 Å². The van der Waals surface area contributed by atoms with Gasteiger partial charge in [0.15, 0.2) is 22.6 Å². The summed E-state index contributed by atoms with van der Waals surface area (Å²) in [6, 6.07) is 25.4. The van der Waals surface area contributed by atoms with Gasteiger partial charge in [-0.1, -0.05) is 67.8 Å². The number of amides is 4. The highest BCUT2D eigenvalue weighted by Gasteiger charge is 2.28. The molecule has 9 aromatic heterocycles. The standard InChI is InChI=1S/2C26H36N6O3.C25H34N6O3.C19H25N9O2/c1-19(2)32-18-28-24-23(29-26(30-25(24)32)31-12-15-34-16-13-31)21-10-8-20(9-11-21)17-35-14-6-4-5-7-22(33)27-3;1-19(2)32-18-28-24-23(29-26(30-25(24)32)31-13-16-34-17-14-31)20-9-11-21(12-10-20)35-15-7-5-4-6-8-22(33)27-3;1-18(2)31-17-27-23-22(28-25(29-24(23)31)30-11-14-33-15-12-30)20-9-7-19(8-10-20)16-34-13-5-4-6-21(32)26-3;1-21-14(29)4-2-3-5-28-12-24-16-15(13-10-22-18(20)23-11-13)25-19(26-17(16)28)27-6-8-30-9-7-27/h8-11,18-19H,4-7,12-17H2,1-3H3,(H,27,33);9-12,18-19H,4-8,13-17H2,1-3H3,(H,27,33);7-10,17-18H,4-6,11-16H2,1-3H3,(H,26,32);10-12H,2-9H2,1H3,(H,21,29)(H2,20,22,23). The summed E-state index contributed by atoms with van der Waals surface area (Å²) in [5, 5.41) is 10.6. The molecule has 16 rings (SSSR count). The number of hydrogen-bond donors (Lipinski definition) is 5. The highest BCUT2D eigenvalue weighted by atomic mass is 16.5. The predicted octanol–water partition coefficient (Wildman–Crippen LogP) is 11.7. The van der Waals surface area contributed by atoms with E-state index in [0.29, 0.717) is 135 Å². The summed E-state index contributed by atoms with van der Waals surface area (Å²) in [6.07, 6.45) is 23.0. The van der Waals surface area contributed by atoms with Gasteiger partial charge >= 0.3 is 0 Å². The number of benzene rings is 3. The van der Waals surface area contributed by atoms with E-state index in [0.717, 1.165) is 236 Å². The van der Waals surface area contributed by atoms with Crippen LogP contribution in [0.4, 0.5) is 29.7 Å². The lowest BCUT2D eigenvalue weighted by atomic mass is 10.1. The molecule has 134 heavy (non-hydrogen) atoms. The van der Waals surface area contributed by atoms with Gasteiger partial charge in [0.1, 0.15) is 50.6 Å². The van der Waals surface area contributed by atoms with Crippen LogP contribution in [0.25, 0.3) is 89.7 Å². The normalized spacial score (nSPS) is 14.1. The Hall–Kier alpha value is -12.6. The number of unbranched alkanes of at least 4 members (excludes halogenated alkanes) is 7. The van der Waals surface area contributed by atoms with E-state index in [1.165, 1.54) is 0 Å². The molecule has 4 aliphatic rings. The molecule has 4 aliphatic heterocycles. The number of fused-ring (bicyclic) bond motifs is 4. The molecule has 38 heteroatoms. The molecule has 38 nitrogen and oxygen atoms in total. The monoisotopic (exact) mass is 1840 g/mol. The van der Waals surface area contributed by atoms with Gasteiger partial charge in [-0.05, 0) is 128 Å². The third-order valence-electron chi connectivity index (χ3n) is 23.5. The van der Waals surface area contributed by atoms with Gasteiger partial charge in [0.25, 0.3) is 0 Å². The number of hydrogen-bond acceptors (Lipinski definition) is 30. The minimum atomic E-state index is 0.0491. The lowest BCUT2D eigenvalue weighted by Crippen LogP contribution is -2.37. The number of carbonyl (C=O) groups is 4. The number of aryl methyl sites for hydroxylation is 1. The van der Waals surface area contributed by atoms with Crippen LogP contribution >= 0.6 is 0 Å². The molecule has 4 fully saturated rings. The highest BCUT2D eigenvalue weighted by molar-refractivity contribution is 5.92. The Morgan fingerprint density at radius 3 is 1.01 bits per heavy atom.